The van der Waals surface area contributed by atoms with Gasteiger partial charge in [-0.3, -0.25) is 0 Å². The molecule has 7 nitrogen and oxygen atoms in total. The predicted molar refractivity (Wildman–Crippen MR) is 157 cm³/mol. The zero-order valence-electron chi connectivity index (χ0n) is 26.0. The largest absolute Gasteiger partial charge is 0.493 e. The number of ether oxygens (including phenoxy) is 4. The van der Waals surface area contributed by atoms with E-state index in [0.717, 1.165) is 55.7 Å². The van der Waals surface area contributed by atoms with Crippen molar-refractivity contribution in [1.82, 2.24) is 4.90 Å². The van der Waals surface area contributed by atoms with E-state index in [1.54, 1.807) is 0 Å². The molecule has 1 N–H and O–H groups in total. The molecule has 1 aromatic carbocycles. The molecule has 1 spiro atoms. The number of hydrogen-bond donors (Lipinski definition) is 1. The summed E-state index contributed by atoms with van der Waals surface area (Å²) in [5.74, 6) is 1.70. The Labute approximate surface area is 241 Å². The molecule has 2 fully saturated rings. The molecule has 40 heavy (non-hydrogen) atoms. The Morgan fingerprint density at radius 1 is 1.23 bits per heavy atom. The molecule has 2 saturated heterocycles. The van der Waals surface area contributed by atoms with Gasteiger partial charge in [0.05, 0.1) is 25.9 Å². The van der Waals surface area contributed by atoms with Crippen LogP contribution in [0, 0.1) is 16.7 Å². The third-order valence-electron chi connectivity index (χ3n) is 8.57. The molecule has 0 radical (unpaired) electrons. The summed E-state index contributed by atoms with van der Waals surface area (Å²) in [5.41, 5.74) is 0.969. The van der Waals surface area contributed by atoms with Gasteiger partial charge >= 0.3 is 6.09 Å². The van der Waals surface area contributed by atoms with Gasteiger partial charge < -0.3 is 29.0 Å². The summed E-state index contributed by atoms with van der Waals surface area (Å²) in [4.78, 5) is 14.9. The van der Waals surface area contributed by atoms with Crippen molar-refractivity contribution in [2.45, 2.75) is 105 Å². The van der Waals surface area contributed by atoms with Crippen molar-refractivity contribution < 1.29 is 28.8 Å². The van der Waals surface area contributed by atoms with E-state index in [4.69, 9.17) is 18.9 Å². The topological polar surface area (TPSA) is 77.5 Å². The Kier molecular flexibility index (Phi) is 8.87. The van der Waals surface area contributed by atoms with Crippen LogP contribution in [0.15, 0.2) is 29.8 Å². The van der Waals surface area contributed by atoms with Crippen LogP contribution in [0.3, 0.4) is 0 Å². The van der Waals surface area contributed by atoms with Crippen LogP contribution in [0.2, 0.25) is 0 Å². The van der Waals surface area contributed by atoms with E-state index >= 15 is 0 Å². The standard InChI is InChI=1S/C33H51NO6/c1-23(2)11-9-14-32(8)26-18-33(15-10-16-34(19-33)29(36)40-30(3,4)5)22-38-28(26)25-13-12-24(17-27(25)39-32)37-21-31(6,7)20-35/h11-13,17,26,28,35H,9-10,14-16,18-22H2,1-8H3/t26-,28+,32+,33-/m0/s1. The van der Waals surface area contributed by atoms with Crippen molar-refractivity contribution >= 4 is 6.09 Å². The fraction of sp³-hybridized carbons (Fsp3) is 0.727. The molecule has 4 rings (SSSR count). The number of aliphatic hydroxyl groups is 1. The maximum atomic E-state index is 13.0. The lowest BCUT2D eigenvalue weighted by atomic mass is 9.64. The first-order valence-corrected chi connectivity index (χ1v) is 14.9. The summed E-state index contributed by atoms with van der Waals surface area (Å²) in [6.45, 7) is 18.6. The summed E-state index contributed by atoms with van der Waals surface area (Å²) in [7, 11) is 0. The van der Waals surface area contributed by atoms with Crippen molar-refractivity contribution in [3.63, 3.8) is 0 Å². The van der Waals surface area contributed by atoms with Crippen LogP contribution < -0.4 is 9.47 Å². The minimum absolute atomic E-state index is 0.0571. The Balaban J connectivity index is 1.60. The Morgan fingerprint density at radius 2 is 1.98 bits per heavy atom. The molecule has 7 heteroatoms. The third-order valence-corrected chi connectivity index (χ3v) is 8.57. The van der Waals surface area contributed by atoms with E-state index in [-0.39, 0.29) is 35.6 Å². The van der Waals surface area contributed by atoms with Crippen LogP contribution in [-0.4, -0.2) is 60.2 Å². The van der Waals surface area contributed by atoms with E-state index in [1.807, 2.05) is 51.7 Å². The number of amides is 1. The number of rotatable bonds is 7. The Morgan fingerprint density at radius 3 is 2.65 bits per heavy atom. The van der Waals surface area contributed by atoms with E-state index in [0.29, 0.717) is 19.8 Å². The van der Waals surface area contributed by atoms with Crippen molar-refractivity contribution in [3.05, 3.63) is 35.4 Å². The molecule has 4 atom stereocenters. The van der Waals surface area contributed by atoms with E-state index in [1.165, 1.54) is 5.57 Å². The number of hydrogen-bond acceptors (Lipinski definition) is 6. The number of piperidine rings is 1. The highest BCUT2D eigenvalue weighted by Crippen LogP contribution is 2.56. The van der Waals surface area contributed by atoms with Gasteiger partial charge in [-0.1, -0.05) is 25.5 Å². The third kappa shape index (κ3) is 7.14. The molecule has 3 heterocycles. The minimum atomic E-state index is -0.517. The van der Waals surface area contributed by atoms with E-state index in [9.17, 15) is 9.90 Å². The van der Waals surface area contributed by atoms with Gasteiger partial charge in [0, 0.05) is 41.5 Å². The van der Waals surface area contributed by atoms with Crippen molar-refractivity contribution in [1.29, 1.82) is 0 Å². The van der Waals surface area contributed by atoms with Gasteiger partial charge in [0.15, 0.2) is 0 Å². The summed E-state index contributed by atoms with van der Waals surface area (Å²) < 4.78 is 25.5. The molecular formula is C33H51NO6. The number of benzene rings is 1. The fourth-order valence-electron chi connectivity index (χ4n) is 6.30. The van der Waals surface area contributed by atoms with Crippen molar-refractivity contribution in [2.75, 3.05) is 32.9 Å². The number of likely N-dealkylation sites (tertiary alicyclic amines) is 1. The lowest BCUT2D eigenvalue weighted by Crippen LogP contribution is -2.57. The maximum absolute atomic E-state index is 13.0. The first-order chi connectivity index (χ1) is 18.6. The number of carbonyl (C=O) groups excluding carboxylic acids is 1. The number of nitrogens with zero attached hydrogens (tertiary/aromatic N) is 1. The van der Waals surface area contributed by atoms with Crippen molar-refractivity contribution in [2.24, 2.45) is 16.7 Å². The SMILES string of the molecule is CC(C)=CCC[C@@]1(C)Oc2cc(OCC(C)(C)CO)ccc2[C@H]2OC[C@@]3(CCCN(C(=O)OC(C)(C)C)C3)C[C@@H]21. The summed E-state index contributed by atoms with van der Waals surface area (Å²) >= 11 is 0. The molecule has 0 saturated carbocycles. The molecule has 0 unspecified atom stereocenters. The maximum Gasteiger partial charge on any atom is 0.410 e. The first kappa shape index (κ1) is 30.7. The number of carbonyl (C=O) groups is 1. The van der Waals surface area contributed by atoms with Gasteiger partial charge in [-0.15, -0.1) is 0 Å². The van der Waals surface area contributed by atoms with Gasteiger partial charge in [-0.25, -0.2) is 4.79 Å². The molecule has 3 aliphatic heterocycles. The first-order valence-electron chi connectivity index (χ1n) is 14.9. The zero-order valence-corrected chi connectivity index (χ0v) is 26.0. The van der Waals surface area contributed by atoms with Gasteiger partial charge in [0.1, 0.15) is 22.7 Å². The van der Waals surface area contributed by atoms with Gasteiger partial charge in [0.25, 0.3) is 0 Å². The second kappa shape index (κ2) is 11.6. The number of allylic oxidation sites excluding steroid dienone is 2. The van der Waals surface area contributed by atoms with Crippen LogP contribution in [0.5, 0.6) is 11.5 Å². The lowest BCUT2D eigenvalue weighted by molar-refractivity contribution is -0.180. The van der Waals surface area contributed by atoms with Crippen LogP contribution in [0.1, 0.15) is 99.2 Å². The van der Waals surface area contributed by atoms with Gasteiger partial charge in [-0.05, 0) is 85.8 Å². The zero-order chi connectivity index (χ0) is 29.3. The van der Waals surface area contributed by atoms with Gasteiger partial charge in [-0.2, -0.15) is 0 Å². The quantitative estimate of drug-likeness (QED) is 0.361. The highest BCUT2D eigenvalue weighted by molar-refractivity contribution is 5.68. The molecular weight excluding hydrogens is 506 g/mol. The van der Waals surface area contributed by atoms with E-state index < -0.39 is 11.2 Å². The minimum Gasteiger partial charge on any atom is -0.493 e. The normalized spacial score (nSPS) is 28.3. The molecule has 1 aromatic rings. The second-order valence-electron chi connectivity index (χ2n) is 14.6. The van der Waals surface area contributed by atoms with Crippen LogP contribution >= 0.6 is 0 Å². The molecule has 224 valence electrons. The molecule has 0 bridgehead atoms. The molecule has 0 aliphatic carbocycles. The summed E-state index contributed by atoms with van der Waals surface area (Å²) in [6.07, 6.45) is 6.67. The van der Waals surface area contributed by atoms with Crippen molar-refractivity contribution in [3.8, 4) is 11.5 Å². The highest BCUT2D eigenvalue weighted by atomic mass is 16.6. The molecule has 0 aromatic heterocycles. The van der Waals surface area contributed by atoms with Crippen LogP contribution in [0.4, 0.5) is 4.79 Å². The Hall–Kier alpha value is -2.25. The summed E-state index contributed by atoms with van der Waals surface area (Å²) in [5, 5.41) is 9.63. The number of fused-ring (bicyclic) bond motifs is 3. The number of aliphatic hydroxyl groups excluding tert-OH is 1. The summed E-state index contributed by atoms with van der Waals surface area (Å²) in [6, 6.07) is 6.05. The fourth-order valence-corrected chi connectivity index (χ4v) is 6.30. The second-order valence-corrected chi connectivity index (χ2v) is 14.6. The monoisotopic (exact) mass is 557 g/mol. The average molecular weight is 558 g/mol. The molecule has 3 aliphatic rings. The molecule has 1 amide bonds. The van der Waals surface area contributed by atoms with Crippen LogP contribution in [0.25, 0.3) is 0 Å². The van der Waals surface area contributed by atoms with Crippen LogP contribution in [-0.2, 0) is 9.47 Å². The highest BCUT2D eigenvalue weighted by Gasteiger charge is 2.55. The van der Waals surface area contributed by atoms with Gasteiger partial charge in [0.2, 0.25) is 0 Å². The lowest BCUT2D eigenvalue weighted by Gasteiger charge is -2.55. The Bertz CT molecular complexity index is 1090. The van der Waals surface area contributed by atoms with E-state index in [2.05, 4.69) is 32.9 Å². The smallest absolute Gasteiger partial charge is 0.410 e. The average Bonchev–Trinajstić information content (AvgIpc) is 2.86. The predicted octanol–water partition coefficient (Wildman–Crippen LogP) is 7.08.